The fraction of sp³-hybridized carbons (Fsp3) is 0.429. The molecule has 2 aromatic rings. The highest BCUT2D eigenvalue weighted by molar-refractivity contribution is 5.84. The highest BCUT2D eigenvalue weighted by Crippen LogP contribution is 2.26. The summed E-state index contributed by atoms with van der Waals surface area (Å²) in [5, 5.41) is 1.02. The van der Waals surface area contributed by atoms with Gasteiger partial charge in [0.05, 0.1) is 0 Å². The summed E-state index contributed by atoms with van der Waals surface area (Å²) in [6.45, 7) is 5.12. The largest absolute Gasteiger partial charge is 0.345 e. The molecule has 0 radical (unpaired) electrons. The van der Waals surface area contributed by atoms with E-state index in [9.17, 15) is 4.39 Å². The van der Waals surface area contributed by atoms with Gasteiger partial charge >= 0.3 is 0 Å². The van der Waals surface area contributed by atoms with Gasteiger partial charge in [-0.15, -0.1) is 0 Å². The van der Waals surface area contributed by atoms with Crippen LogP contribution < -0.4 is 0 Å². The Morgan fingerprint density at radius 1 is 1.29 bits per heavy atom. The van der Waals surface area contributed by atoms with Crippen LogP contribution in [0.2, 0.25) is 0 Å². The van der Waals surface area contributed by atoms with Crippen LogP contribution in [-0.4, -0.2) is 23.6 Å². The molecule has 0 amide bonds. The lowest BCUT2D eigenvalue weighted by molar-refractivity contribution is 0.403. The van der Waals surface area contributed by atoms with Gasteiger partial charge in [-0.1, -0.05) is 0 Å². The van der Waals surface area contributed by atoms with Crippen LogP contribution in [0.15, 0.2) is 24.4 Å². The molecule has 0 bridgehead atoms. The molecule has 0 saturated heterocycles. The van der Waals surface area contributed by atoms with Crippen LogP contribution in [0.3, 0.4) is 0 Å². The van der Waals surface area contributed by atoms with Gasteiger partial charge in [-0.3, -0.25) is 0 Å². The fourth-order valence-electron chi connectivity index (χ4n) is 2.19. The lowest BCUT2D eigenvalue weighted by atomic mass is 10.1. The molecule has 0 saturated carbocycles. The Hall–Kier alpha value is -1.35. The summed E-state index contributed by atoms with van der Waals surface area (Å²) < 4.78 is 15.5. The molecule has 0 N–H and O–H groups in total. The monoisotopic (exact) mass is 234 g/mol. The molecule has 0 aliphatic rings. The number of aromatic nitrogens is 1. The minimum absolute atomic E-state index is 0.168. The summed E-state index contributed by atoms with van der Waals surface area (Å²) >= 11 is 0. The van der Waals surface area contributed by atoms with Crippen molar-refractivity contribution in [2.45, 2.75) is 26.4 Å². The number of hydrogen-bond donors (Lipinski definition) is 0. The number of rotatable bonds is 3. The standard InChI is InChI=1S/C14H19FN2/c1-10(2)17-9-11(8-16(3)4)13-7-12(15)5-6-14(13)17/h5-7,9-10H,8H2,1-4H3. The SMILES string of the molecule is CC(C)n1cc(CN(C)C)c2cc(F)ccc21. The third-order valence-corrected chi connectivity index (χ3v) is 2.92. The molecule has 1 heterocycles. The molecule has 1 aromatic heterocycles. The van der Waals surface area contributed by atoms with Crippen molar-refractivity contribution in [1.82, 2.24) is 9.47 Å². The topological polar surface area (TPSA) is 8.17 Å². The summed E-state index contributed by atoms with van der Waals surface area (Å²) in [6.07, 6.45) is 2.13. The smallest absolute Gasteiger partial charge is 0.123 e. The van der Waals surface area contributed by atoms with E-state index >= 15 is 0 Å². The van der Waals surface area contributed by atoms with Crippen LogP contribution in [0, 0.1) is 5.82 Å². The van der Waals surface area contributed by atoms with Crippen molar-refractivity contribution >= 4 is 10.9 Å². The van der Waals surface area contributed by atoms with E-state index in [1.807, 2.05) is 20.2 Å². The average Bonchev–Trinajstić information content (AvgIpc) is 2.56. The van der Waals surface area contributed by atoms with Crippen LogP contribution in [0.5, 0.6) is 0 Å². The number of benzene rings is 1. The number of halogens is 1. The van der Waals surface area contributed by atoms with Gasteiger partial charge in [0.2, 0.25) is 0 Å². The summed E-state index contributed by atoms with van der Waals surface area (Å²) in [5.74, 6) is -0.168. The molecule has 0 atom stereocenters. The Bertz CT molecular complexity index is 526. The molecule has 1 aromatic carbocycles. The first-order valence-electron chi connectivity index (χ1n) is 5.92. The molecule has 0 spiro atoms. The summed E-state index contributed by atoms with van der Waals surface area (Å²) in [5.41, 5.74) is 2.29. The van der Waals surface area contributed by atoms with Crippen molar-refractivity contribution in [1.29, 1.82) is 0 Å². The third kappa shape index (κ3) is 2.34. The summed E-state index contributed by atoms with van der Waals surface area (Å²) in [6, 6.07) is 5.41. The van der Waals surface area contributed by atoms with Gasteiger partial charge in [0.25, 0.3) is 0 Å². The Balaban J connectivity index is 2.62. The number of hydrogen-bond acceptors (Lipinski definition) is 1. The average molecular weight is 234 g/mol. The molecule has 0 aliphatic carbocycles. The Kier molecular flexibility index (Phi) is 3.20. The molecule has 2 nitrogen and oxygen atoms in total. The van der Waals surface area contributed by atoms with Crippen LogP contribution in [0.1, 0.15) is 25.5 Å². The van der Waals surface area contributed by atoms with E-state index in [4.69, 9.17) is 0 Å². The lowest BCUT2D eigenvalue weighted by Crippen LogP contribution is -2.10. The quantitative estimate of drug-likeness (QED) is 0.790. The van der Waals surface area contributed by atoms with Gasteiger partial charge in [0.1, 0.15) is 5.82 Å². The van der Waals surface area contributed by atoms with E-state index in [1.54, 1.807) is 6.07 Å². The van der Waals surface area contributed by atoms with Crippen molar-refractivity contribution in [2.75, 3.05) is 14.1 Å². The van der Waals surface area contributed by atoms with Crippen molar-refractivity contribution in [3.63, 3.8) is 0 Å². The molecule has 2 rings (SSSR count). The summed E-state index contributed by atoms with van der Waals surface area (Å²) in [7, 11) is 4.05. The maximum absolute atomic E-state index is 13.3. The van der Waals surface area contributed by atoms with Crippen molar-refractivity contribution in [3.8, 4) is 0 Å². The van der Waals surface area contributed by atoms with Crippen LogP contribution in [-0.2, 0) is 6.54 Å². The molecule has 0 fully saturated rings. The maximum atomic E-state index is 13.3. The number of nitrogens with zero attached hydrogens (tertiary/aromatic N) is 2. The summed E-state index contributed by atoms with van der Waals surface area (Å²) in [4.78, 5) is 2.10. The zero-order chi connectivity index (χ0) is 12.6. The Morgan fingerprint density at radius 2 is 2.00 bits per heavy atom. The predicted octanol–water partition coefficient (Wildman–Crippen LogP) is 3.42. The van der Waals surface area contributed by atoms with E-state index < -0.39 is 0 Å². The molecular weight excluding hydrogens is 215 g/mol. The first kappa shape index (κ1) is 12.1. The van der Waals surface area contributed by atoms with E-state index in [0.717, 1.165) is 17.4 Å². The second kappa shape index (κ2) is 4.49. The van der Waals surface area contributed by atoms with E-state index in [-0.39, 0.29) is 5.82 Å². The van der Waals surface area contributed by atoms with Crippen molar-refractivity contribution in [3.05, 3.63) is 35.8 Å². The zero-order valence-corrected chi connectivity index (χ0v) is 10.9. The first-order valence-corrected chi connectivity index (χ1v) is 5.92. The molecule has 17 heavy (non-hydrogen) atoms. The van der Waals surface area contributed by atoms with Crippen LogP contribution in [0.4, 0.5) is 4.39 Å². The van der Waals surface area contributed by atoms with Gasteiger partial charge in [-0.05, 0) is 51.7 Å². The molecule has 0 unspecified atom stereocenters. The van der Waals surface area contributed by atoms with Gasteiger partial charge in [0, 0.05) is 29.7 Å². The van der Waals surface area contributed by atoms with Crippen molar-refractivity contribution < 1.29 is 4.39 Å². The maximum Gasteiger partial charge on any atom is 0.123 e. The van der Waals surface area contributed by atoms with Gasteiger partial charge < -0.3 is 9.47 Å². The second-order valence-corrected chi connectivity index (χ2v) is 5.05. The zero-order valence-electron chi connectivity index (χ0n) is 10.9. The van der Waals surface area contributed by atoms with E-state index in [2.05, 4.69) is 29.5 Å². The molecular formula is C14H19FN2. The Labute approximate surface area is 102 Å². The van der Waals surface area contributed by atoms with Gasteiger partial charge in [-0.2, -0.15) is 0 Å². The van der Waals surface area contributed by atoms with Crippen LogP contribution in [0.25, 0.3) is 10.9 Å². The molecule has 92 valence electrons. The number of fused-ring (bicyclic) bond motifs is 1. The fourth-order valence-corrected chi connectivity index (χ4v) is 2.19. The molecule has 0 aliphatic heterocycles. The van der Waals surface area contributed by atoms with Gasteiger partial charge in [0.15, 0.2) is 0 Å². The second-order valence-electron chi connectivity index (χ2n) is 5.05. The van der Waals surface area contributed by atoms with Crippen LogP contribution >= 0.6 is 0 Å². The minimum Gasteiger partial charge on any atom is -0.345 e. The highest BCUT2D eigenvalue weighted by Gasteiger charge is 2.11. The third-order valence-electron chi connectivity index (χ3n) is 2.92. The minimum atomic E-state index is -0.168. The first-order chi connectivity index (χ1) is 7.99. The Morgan fingerprint density at radius 3 is 2.59 bits per heavy atom. The predicted molar refractivity (Wildman–Crippen MR) is 69.7 cm³/mol. The lowest BCUT2D eigenvalue weighted by Gasteiger charge is -2.09. The van der Waals surface area contributed by atoms with Gasteiger partial charge in [-0.25, -0.2) is 4.39 Å². The van der Waals surface area contributed by atoms with Crippen molar-refractivity contribution in [2.24, 2.45) is 0 Å². The van der Waals surface area contributed by atoms with E-state index in [1.165, 1.54) is 11.6 Å². The van der Waals surface area contributed by atoms with E-state index in [0.29, 0.717) is 6.04 Å². The highest BCUT2D eigenvalue weighted by atomic mass is 19.1. The molecule has 3 heteroatoms. The normalized spacial score (nSPS) is 11.9.